The van der Waals surface area contributed by atoms with E-state index in [0.717, 1.165) is 18.2 Å². The average Bonchev–Trinajstić information content (AvgIpc) is 2.96. The van der Waals surface area contributed by atoms with Gasteiger partial charge < -0.3 is 15.0 Å². The van der Waals surface area contributed by atoms with Crippen LogP contribution in [0.3, 0.4) is 0 Å². The third-order valence-corrected chi connectivity index (χ3v) is 5.94. The van der Waals surface area contributed by atoms with Crippen molar-refractivity contribution < 1.29 is 31.9 Å². The second-order valence-corrected chi connectivity index (χ2v) is 8.20. The van der Waals surface area contributed by atoms with E-state index in [1.54, 1.807) is 4.90 Å². The van der Waals surface area contributed by atoms with Gasteiger partial charge in [0, 0.05) is 30.5 Å². The van der Waals surface area contributed by atoms with Crippen molar-refractivity contribution in [3.63, 3.8) is 0 Å². The van der Waals surface area contributed by atoms with Crippen LogP contribution in [-0.2, 0) is 15.7 Å². The predicted octanol–water partition coefficient (Wildman–Crippen LogP) is 4.02. The molecule has 29 heavy (non-hydrogen) atoms. The lowest BCUT2D eigenvalue weighted by atomic mass is 9.68. The van der Waals surface area contributed by atoms with Gasteiger partial charge in [0.15, 0.2) is 0 Å². The molecule has 1 aliphatic carbocycles. The van der Waals surface area contributed by atoms with E-state index in [-0.39, 0.29) is 29.9 Å². The number of rotatable bonds is 3. The molecule has 1 aromatic carbocycles. The Balaban J connectivity index is 1.31. The van der Waals surface area contributed by atoms with Crippen LogP contribution in [0, 0.1) is 11.8 Å². The summed E-state index contributed by atoms with van der Waals surface area (Å²) in [6, 6.07) is 2.73. The molecule has 156 valence electrons. The first kappa shape index (κ1) is 20.0. The van der Waals surface area contributed by atoms with Crippen LogP contribution in [0.1, 0.15) is 24.0 Å². The molecule has 1 spiro atoms. The highest BCUT2D eigenvalue weighted by molar-refractivity contribution is 6.31. The van der Waals surface area contributed by atoms with Crippen molar-refractivity contribution in [2.45, 2.75) is 24.6 Å². The number of cyclic esters (lactones) is 1. The van der Waals surface area contributed by atoms with Crippen LogP contribution in [0.25, 0.3) is 5.83 Å². The molecule has 2 heterocycles. The van der Waals surface area contributed by atoms with Crippen molar-refractivity contribution >= 4 is 29.4 Å². The van der Waals surface area contributed by atoms with Crippen LogP contribution in [0.4, 0.5) is 22.4 Å². The minimum absolute atomic E-state index is 0.0364. The van der Waals surface area contributed by atoms with Crippen LogP contribution in [0.5, 0.6) is 0 Å². The number of nitrogens with zero attached hydrogens (tertiary/aromatic N) is 1. The number of benzene rings is 1. The van der Waals surface area contributed by atoms with Gasteiger partial charge in [-0.15, -0.1) is 0 Å². The van der Waals surface area contributed by atoms with Gasteiger partial charge in [-0.25, -0.2) is 9.18 Å². The molecule has 10 heteroatoms. The van der Waals surface area contributed by atoms with Crippen LogP contribution in [0.15, 0.2) is 24.3 Å². The second kappa shape index (κ2) is 6.90. The zero-order chi connectivity index (χ0) is 21.0. The van der Waals surface area contributed by atoms with Gasteiger partial charge in [-0.1, -0.05) is 17.7 Å². The monoisotopic (exact) mass is 432 g/mol. The van der Waals surface area contributed by atoms with Crippen molar-refractivity contribution in [2.24, 2.45) is 11.8 Å². The van der Waals surface area contributed by atoms with Gasteiger partial charge in [0.2, 0.25) is 5.91 Å². The first-order chi connectivity index (χ1) is 13.6. The lowest BCUT2D eigenvalue weighted by Gasteiger charge is -2.47. The third-order valence-electron chi connectivity index (χ3n) is 5.62. The second-order valence-electron chi connectivity index (χ2n) is 7.80. The molecular weight excluding hydrogens is 416 g/mol. The highest BCUT2D eigenvalue weighted by Crippen LogP contribution is 2.42. The topological polar surface area (TPSA) is 58.6 Å². The molecule has 0 bridgehead atoms. The molecule has 1 saturated carbocycles. The highest BCUT2D eigenvalue weighted by atomic mass is 35.5. The molecule has 1 N–H and O–H groups in total. The molecule has 0 unspecified atom stereocenters. The lowest BCUT2D eigenvalue weighted by Crippen LogP contribution is -2.61. The maximum atomic E-state index is 14.4. The Hall–Kier alpha value is -2.29. The molecule has 0 atom stereocenters. The zero-order valence-electron chi connectivity index (χ0n) is 15.1. The molecule has 4 rings (SSSR count). The van der Waals surface area contributed by atoms with Crippen LogP contribution < -0.4 is 5.32 Å². The number of hydrogen-bond acceptors (Lipinski definition) is 3. The Kier molecular flexibility index (Phi) is 4.76. The minimum atomic E-state index is -4.60. The molecule has 0 aromatic heterocycles. The summed E-state index contributed by atoms with van der Waals surface area (Å²) in [6.07, 6.45) is -2.72. The van der Waals surface area contributed by atoms with Crippen LogP contribution >= 0.6 is 11.6 Å². The van der Waals surface area contributed by atoms with E-state index in [2.05, 4.69) is 5.32 Å². The number of likely N-dealkylation sites (tertiary alicyclic amines) is 1. The first-order valence-corrected chi connectivity index (χ1v) is 9.42. The van der Waals surface area contributed by atoms with E-state index >= 15 is 0 Å². The zero-order valence-corrected chi connectivity index (χ0v) is 15.8. The Labute approximate surface area is 168 Å². The number of nitrogens with one attached hydrogen (secondary N) is 1. The SMILES string of the molecule is O=C1NC2(CO1)CC(C(=O)N1CC(/C=C(\F)c3ccc(C(F)(F)F)c(Cl)c3)C1)C2. The third kappa shape index (κ3) is 3.80. The summed E-state index contributed by atoms with van der Waals surface area (Å²) in [5.74, 6) is -1.13. The fourth-order valence-corrected chi connectivity index (χ4v) is 4.31. The molecule has 3 fully saturated rings. The molecule has 2 saturated heterocycles. The minimum Gasteiger partial charge on any atom is -0.447 e. The smallest absolute Gasteiger partial charge is 0.417 e. The van der Waals surface area contributed by atoms with E-state index in [9.17, 15) is 27.2 Å². The van der Waals surface area contributed by atoms with Crippen molar-refractivity contribution in [2.75, 3.05) is 19.7 Å². The van der Waals surface area contributed by atoms with Crippen LogP contribution in [0.2, 0.25) is 5.02 Å². The van der Waals surface area contributed by atoms with E-state index in [1.807, 2.05) is 0 Å². The van der Waals surface area contributed by atoms with Gasteiger partial charge in [-0.3, -0.25) is 4.79 Å². The number of alkyl halides is 3. The predicted molar refractivity (Wildman–Crippen MR) is 95.5 cm³/mol. The molecule has 2 amide bonds. The average molecular weight is 433 g/mol. The number of halogens is 5. The van der Waals surface area contributed by atoms with Gasteiger partial charge in [-0.05, 0) is 31.1 Å². The number of amides is 2. The summed E-state index contributed by atoms with van der Waals surface area (Å²) in [6.45, 7) is 0.946. The summed E-state index contributed by atoms with van der Waals surface area (Å²) in [5, 5.41) is 2.16. The largest absolute Gasteiger partial charge is 0.447 e. The number of ether oxygens (including phenoxy) is 1. The summed E-state index contributed by atoms with van der Waals surface area (Å²) < 4.78 is 57.5. The number of carbonyl (C=O) groups excluding carboxylic acids is 2. The summed E-state index contributed by atoms with van der Waals surface area (Å²) in [4.78, 5) is 25.2. The summed E-state index contributed by atoms with van der Waals surface area (Å²) in [7, 11) is 0. The Bertz CT molecular complexity index is 890. The summed E-state index contributed by atoms with van der Waals surface area (Å²) >= 11 is 5.62. The van der Waals surface area contributed by atoms with Gasteiger partial charge >= 0.3 is 12.3 Å². The van der Waals surface area contributed by atoms with Gasteiger partial charge in [0.1, 0.15) is 12.4 Å². The maximum Gasteiger partial charge on any atom is 0.417 e. The van der Waals surface area contributed by atoms with E-state index in [1.165, 1.54) is 6.08 Å². The van der Waals surface area contributed by atoms with E-state index in [4.69, 9.17) is 16.3 Å². The number of alkyl carbamates (subject to hydrolysis) is 1. The molecule has 3 aliphatic rings. The van der Waals surface area contributed by atoms with Gasteiger partial charge in [0.05, 0.1) is 16.1 Å². The van der Waals surface area contributed by atoms with Crippen molar-refractivity contribution in [3.05, 3.63) is 40.4 Å². The Morgan fingerprint density at radius 3 is 2.55 bits per heavy atom. The fraction of sp³-hybridized carbons (Fsp3) is 0.474. The number of carbonyl (C=O) groups is 2. The van der Waals surface area contributed by atoms with Crippen molar-refractivity contribution in [3.8, 4) is 0 Å². The molecule has 2 aliphatic heterocycles. The standard InChI is InChI=1S/C19H17ClF4N2O3/c20-14-4-11(1-2-13(14)19(22,23)24)15(21)3-10-7-26(8-10)16(27)12-5-18(6-12)9-29-17(28)25-18/h1-4,10,12H,5-9H2,(H,25,28)/b15-3-. The van der Waals surface area contributed by atoms with Crippen LogP contribution in [-0.4, -0.2) is 42.1 Å². The van der Waals surface area contributed by atoms with Gasteiger partial charge in [0.25, 0.3) is 0 Å². The first-order valence-electron chi connectivity index (χ1n) is 9.04. The van der Waals surface area contributed by atoms with E-state index < -0.39 is 34.2 Å². The molecular formula is C19H17ClF4N2O3. The molecule has 5 nitrogen and oxygen atoms in total. The highest BCUT2D eigenvalue weighted by Gasteiger charge is 2.54. The fourth-order valence-electron chi connectivity index (χ4n) is 4.02. The van der Waals surface area contributed by atoms with E-state index in [0.29, 0.717) is 25.9 Å². The Morgan fingerprint density at radius 2 is 2.00 bits per heavy atom. The number of hydrogen-bond donors (Lipinski definition) is 1. The quantitative estimate of drug-likeness (QED) is 0.734. The summed E-state index contributed by atoms with van der Waals surface area (Å²) in [5.41, 5.74) is -1.49. The van der Waals surface area contributed by atoms with Gasteiger partial charge in [-0.2, -0.15) is 13.2 Å². The lowest BCUT2D eigenvalue weighted by molar-refractivity contribution is -0.146. The van der Waals surface area contributed by atoms with Crippen molar-refractivity contribution in [1.82, 2.24) is 10.2 Å². The molecule has 1 aromatic rings. The Morgan fingerprint density at radius 1 is 1.31 bits per heavy atom. The normalized spacial score (nSPS) is 27.3. The van der Waals surface area contributed by atoms with Crippen molar-refractivity contribution in [1.29, 1.82) is 0 Å². The maximum absolute atomic E-state index is 14.4. The molecule has 0 radical (unpaired) electrons.